The molecule has 0 amide bonds. The Balaban J connectivity index is 1.14. The highest BCUT2D eigenvalue weighted by Gasteiger charge is 2.15. The Morgan fingerprint density at radius 2 is 0.735 bits per heavy atom. The molecule has 0 N–H and O–H groups in total. The molecule has 0 aliphatic carbocycles. The van der Waals surface area contributed by atoms with Crippen molar-refractivity contribution in [3.63, 3.8) is 0 Å². The second-order valence-electron chi connectivity index (χ2n) is 12.6. The van der Waals surface area contributed by atoms with Crippen LogP contribution in [0.15, 0.2) is 176 Å². The van der Waals surface area contributed by atoms with Gasteiger partial charge in [0.05, 0.1) is 22.4 Å². The maximum absolute atomic E-state index is 5.22. The summed E-state index contributed by atoms with van der Waals surface area (Å²) in [5, 5.41) is 9.97. The summed E-state index contributed by atoms with van der Waals surface area (Å²) in [4.78, 5) is 10.4. The van der Waals surface area contributed by atoms with Gasteiger partial charge in [-0.05, 0) is 68.7 Å². The van der Waals surface area contributed by atoms with E-state index in [0.29, 0.717) is 5.82 Å². The molecule has 0 fully saturated rings. The third kappa shape index (κ3) is 4.44. The summed E-state index contributed by atoms with van der Waals surface area (Å²) in [6, 6.07) is 62.5. The average molecular weight is 624 g/mol. The molecule has 0 aliphatic rings. The molecule has 0 saturated heterocycles. The van der Waals surface area contributed by atoms with Gasteiger partial charge in [-0.1, -0.05) is 140 Å². The van der Waals surface area contributed by atoms with Crippen LogP contribution in [0, 0.1) is 0 Å². The minimum atomic E-state index is 0.710. The zero-order valence-electron chi connectivity index (χ0n) is 26.6. The Morgan fingerprint density at radius 3 is 1.31 bits per heavy atom. The molecule has 228 valence electrons. The number of aromatic nitrogens is 3. The normalized spacial score (nSPS) is 11.7. The van der Waals surface area contributed by atoms with Crippen molar-refractivity contribution < 1.29 is 0 Å². The van der Waals surface area contributed by atoms with Crippen molar-refractivity contribution in [2.45, 2.75) is 0 Å². The van der Waals surface area contributed by atoms with Gasteiger partial charge in [-0.3, -0.25) is 0 Å². The quantitative estimate of drug-likeness (QED) is 0.183. The fourth-order valence-corrected chi connectivity index (χ4v) is 7.51. The van der Waals surface area contributed by atoms with Crippen molar-refractivity contribution in [2.24, 2.45) is 0 Å². The SMILES string of the molecule is c1ccc(-c2cc(-c3ccc(-n4c5ccccc5c5ccccc54)cc3)nc(-c3ccc4c5ccccc5c5ccccc5c4c3)n2)cc1. The monoisotopic (exact) mass is 623 g/mol. The summed E-state index contributed by atoms with van der Waals surface area (Å²) < 4.78 is 2.35. The first-order valence-electron chi connectivity index (χ1n) is 16.7. The van der Waals surface area contributed by atoms with E-state index in [4.69, 9.17) is 9.97 Å². The molecule has 0 bridgehead atoms. The highest BCUT2D eigenvalue weighted by atomic mass is 15.0. The third-order valence-electron chi connectivity index (χ3n) is 9.80. The highest BCUT2D eigenvalue weighted by molar-refractivity contribution is 6.25. The first-order valence-corrected chi connectivity index (χ1v) is 16.7. The predicted molar refractivity (Wildman–Crippen MR) is 205 cm³/mol. The molecule has 10 aromatic rings. The molecule has 0 unspecified atom stereocenters. The molecule has 2 heterocycles. The summed E-state index contributed by atoms with van der Waals surface area (Å²) in [5.41, 5.74) is 8.40. The number of fused-ring (bicyclic) bond motifs is 9. The van der Waals surface area contributed by atoms with E-state index in [2.05, 4.69) is 174 Å². The van der Waals surface area contributed by atoms with Crippen molar-refractivity contribution >= 4 is 54.1 Å². The van der Waals surface area contributed by atoms with E-state index in [1.807, 2.05) is 6.07 Å². The lowest BCUT2D eigenvalue weighted by atomic mass is 9.93. The van der Waals surface area contributed by atoms with E-state index in [-0.39, 0.29) is 0 Å². The molecular weight excluding hydrogens is 595 g/mol. The standard InChI is InChI=1S/C46H29N3/c1-2-12-30(13-3-1)42-29-43(31-22-25-33(26-23-31)49-44-20-10-8-18-39(44)40-19-9-11-21-45(40)49)48-46(47-42)32-24-27-38-36-16-5-4-14-34(36)35-15-6-7-17-37(35)41(38)28-32/h1-29H. The minimum absolute atomic E-state index is 0.710. The molecule has 10 rings (SSSR count). The van der Waals surface area contributed by atoms with Crippen LogP contribution >= 0.6 is 0 Å². The number of hydrogen-bond acceptors (Lipinski definition) is 2. The van der Waals surface area contributed by atoms with Crippen LogP contribution in [-0.2, 0) is 0 Å². The van der Waals surface area contributed by atoms with Gasteiger partial charge in [0.15, 0.2) is 5.82 Å². The van der Waals surface area contributed by atoms with E-state index < -0.39 is 0 Å². The predicted octanol–water partition coefficient (Wildman–Crippen LogP) is 12.0. The molecule has 0 saturated carbocycles. The van der Waals surface area contributed by atoms with Gasteiger partial charge < -0.3 is 4.57 Å². The van der Waals surface area contributed by atoms with Gasteiger partial charge in [0.25, 0.3) is 0 Å². The van der Waals surface area contributed by atoms with Crippen LogP contribution in [0.25, 0.3) is 93.7 Å². The zero-order chi connectivity index (χ0) is 32.3. The molecular formula is C46H29N3. The number of nitrogens with zero attached hydrogens (tertiary/aromatic N) is 3. The number of rotatable bonds is 4. The molecule has 8 aromatic carbocycles. The van der Waals surface area contributed by atoms with Gasteiger partial charge in [-0.25, -0.2) is 9.97 Å². The minimum Gasteiger partial charge on any atom is -0.309 e. The summed E-state index contributed by atoms with van der Waals surface area (Å²) in [6.07, 6.45) is 0. The average Bonchev–Trinajstić information content (AvgIpc) is 3.52. The van der Waals surface area contributed by atoms with Crippen molar-refractivity contribution in [1.82, 2.24) is 14.5 Å². The van der Waals surface area contributed by atoms with Crippen LogP contribution in [0.3, 0.4) is 0 Å². The van der Waals surface area contributed by atoms with Crippen molar-refractivity contribution in [2.75, 3.05) is 0 Å². The summed E-state index contributed by atoms with van der Waals surface area (Å²) in [5.74, 6) is 0.710. The second kappa shape index (κ2) is 11.0. The van der Waals surface area contributed by atoms with Crippen LogP contribution in [0.1, 0.15) is 0 Å². The van der Waals surface area contributed by atoms with Crippen molar-refractivity contribution in [3.05, 3.63) is 176 Å². The van der Waals surface area contributed by atoms with E-state index >= 15 is 0 Å². The Labute approximate surface area is 283 Å². The molecule has 0 spiro atoms. The zero-order valence-corrected chi connectivity index (χ0v) is 26.6. The van der Waals surface area contributed by atoms with Crippen LogP contribution in [-0.4, -0.2) is 14.5 Å². The molecule has 49 heavy (non-hydrogen) atoms. The first kappa shape index (κ1) is 27.5. The van der Waals surface area contributed by atoms with Crippen LogP contribution in [0.5, 0.6) is 0 Å². The molecule has 0 aliphatic heterocycles. The van der Waals surface area contributed by atoms with Gasteiger partial charge in [-0.15, -0.1) is 0 Å². The molecule has 0 atom stereocenters. The van der Waals surface area contributed by atoms with Gasteiger partial charge in [-0.2, -0.15) is 0 Å². The topological polar surface area (TPSA) is 30.7 Å². The Morgan fingerprint density at radius 1 is 0.306 bits per heavy atom. The number of hydrogen-bond donors (Lipinski definition) is 0. The van der Waals surface area contributed by atoms with E-state index in [1.54, 1.807) is 0 Å². The Kier molecular flexibility index (Phi) is 6.18. The molecule has 3 heteroatoms. The van der Waals surface area contributed by atoms with Crippen LogP contribution < -0.4 is 0 Å². The molecule has 3 nitrogen and oxygen atoms in total. The van der Waals surface area contributed by atoms with Gasteiger partial charge in [0.1, 0.15) is 0 Å². The lowest BCUT2D eigenvalue weighted by molar-refractivity contribution is 1.17. The van der Waals surface area contributed by atoms with Crippen LogP contribution in [0.4, 0.5) is 0 Å². The second-order valence-corrected chi connectivity index (χ2v) is 12.6. The van der Waals surface area contributed by atoms with Crippen LogP contribution in [0.2, 0.25) is 0 Å². The largest absolute Gasteiger partial charge is 0.309 e. The number of benzene rings is 8. The van der Waals surface area contributed by atoms with Gasteiger partial charge in [0.2, 0.25) is 0 Å². The first-order chi connectivity index (χ1) is 24.3. The Hall–Kier alpha value is -6.58. The summed E-state index contributed by atoms with van der Waals surface area (Å²) >= 11 is 0. The third-order valence-corrected chi connectivity index (χ3v) is 9.80. The highest BCUT2D eigenvalue weighted by Crippen LogP contribution is 2.38. The maximum Gasteiger partial charge on any atom is 0.160 e. The maximum atomic E-state index is 5.22. The molecule has 2 aromatic heterocycles. The smallest absolute Gasteiger partial charge is 0.160 e. The van der Waals surface area contributed by atoms with Crippen molar-refractivity contribution in [1.29, 1.82) is 0 Å². The van der Waals surface area contributed by atoms with Gasteiger partial charge in [0, 0.05) is 33.2 Å². The van der Waals surface area contributed by atoms with E-state index in [0.717, 1.165) is 33.8 Å². The molecule has 0 radical (unpaired) electrons. The summed E-state index contributed by atoms with van der Waals surface area (Å²) in [7, 11) is 0. The summed E-state index contributed by atoms with van der Waals surface area (Å²) in [6.45, 7) is 0. The fraction of sp³-hybridized carbons (Fsp3) is 0. The number of para-hydroxylation sites is 2. The lowest BCUT2D eigenvalue weighted by Crippen LogP contribution is -1.97. The van der Waals surface area contributed by atoms with Gasteiger partial charge >= 0.3 is 0 Å². The fourth-order valence-electron chi connectivity index (χ4n) is 7.51. The van der Waals surface area contributed by atoms with Crippen molar-refractivity contribution in [3.8, 4) is 39.6 Å². The Bertz CT molecular complexity index is 2780. The van der Waals surface area contributed by atoms with E-state index in [9.17, 15) is 0 Å². The lowest BCUT2D eigenvalue weighted by Gasteiger charge is -2.13. The van der Waals surface area contributed by atoms with E-state index in [1.165, 1.54) is 54.1 Å².